The normalized spacial score (nSPS) is 11.3. The third kappa shape index (κ3) is 7.73. The Labute approximate surface area is 172 Å². The summed E-state index contributed by atoms with van der Waals surface area (Å²) in [6.07, 6.45) is 4.08. The van der Waals surface area contributed by atoms with E-state index in [0.29, 0.717) is 5.92 Å². The average Bonchev–Trinajstić information content (AvgIpc) is 3.00. The first-order valence-corrected chi connectivity index (χ1v) is 9.35. The Balaban J connectivity index is 0.00000312. The van der Waals surface area contributed by atoms with Gasteiger partial charge >= 0.3 is 0 Å². The van der Waals surface area contributed by atoms with Crippen LogP contribution >= 0.6 is 35.3 Å². The second-order valence-corrected chi connectivity index (χ2v) is 7.52. The maximum absolute atomic E-state index is 4.26. The quantitative estimate of drug-likeness (QED) is 0.270. The van der Waals surface area contributed by atoms with Crippen molar-refractivity contribution < 1.29 is 0 Å². The maximum Gasteiger partial charge on any atom is 0.191 e. The van der Waals surface area contributed by atoms with Gasteiger partial charge in [0.15, 0.2) is 5.96 Å². The van der Waals surface area contributed by atoms with Gasteiger partial charge in [0.2, 0.25) is 0 Å². The van der Waals surface area contributed by atoms with Gasteiger partial charge in [-0.25, -0.2) is 4.98 Å². The lowest BCUT2D eigenvalue weighted by Crippen LogP contribution is -2.37. The summed E-state index contributed by atoms with van der Waals surface area (Å²) in [6, 6.07) is 8.97. The molecule has 2 rings (SSSR count). The van der Waals surface area contributed by atoms with Crippen molar-refractivity contribution >= 4 is 41.3 Å². The van der Waals surface area contributed by atoms with Crippen LogP contribution in [0.1, 0.15) is 47.2 Å². The molecule has 1 aromatic heterocycles. The van der Waals surface area contributed by atoms with E-state index in [4.69, 9.17) is 0 Å². The Kier molecular flexibility index (Phi) is 10.0. The number of thiazole rings is 1. The first kappa shape index (κ1) is 21.9. The van der Waals surface area contributed by atoms with E-state index in [1.54, 1.807) is 18.4 Å². The zero-order chi connectivity index (χ0) is 17.4. The number of halogens is 1. The molecule has 0 aliphatic heterocycles. The molecule has 1 heterocycles. The molecule has 4 nitrogen and oxygen atoms in total. The Hall–Kier alpha value is -1.15. The van der Waals surface area contributed by atoms with E-state index in [1.165, 1.54) is 16.0 Å². The number of benzene rings is 1. The van der Waals surface area contributed by atoms with Gasteiger partial charge in [-0.05, 0) is 36.8 Å². The van der Waals surface area contributed by atoms with E-state index < -0.39 is 0 Å². The highest BCUT2D eigenvalue weighted by atomic mass is 127. The Bertz CT molecular complexity index is 650. The number of guanidine groups is 1. The Morgan fingerprint density at radius 3 is 2.48 bits per heavy atom. The molecule has 0 spiro atoms. The van der Waals surface area contributed by atoms with Gasteiger partial charge in [-0.3, -0.25) is 4.99 Å². The molecule has 138 valence electrons. The van der Waals surface area contributed by atoms with Gasteiger partial charge in [-0.2, -0.15) is 0 Å². The third-order valence-electron chi connectivity index (χ3n) is 3.90. The van der Waals surface area contributed by atoms with Gasteiger partial charge in [0.1, 0.15) is 0 Å². The van der Waals surface area contributed by atoms with Crippen LogP contribution in [0, 0.1) is 6.92 Å². The van der Waals surface area contributed by atoms with Crippen LogP contribution in [0.2, 0.25) is 0 Å². The average molecular weight is 472 g/mol. The molecule has 0 unspecified atom stereocenters. The van der Waals surface area contributed by atoms with Gasteiger partial charge in [-0.1, -0.05) is 38.1 Å². The minimum atomic E-state index is 0. The molecular formula is C19H29IN4S. The predicted octanol–water partition coefficient (Wildman–Crippen LogP) is 4.49. The van der Waals surface area contributed by atoms with E-state index in [0.717, 1.165) is 36.9 Å². The Morgan fingerprint density at radius 1 is 1.20 bits per heavy atom. The first-order valence-electron chi connectivity index (χ1n) is 8.53. The molecule has 0 saturated carbocycles. The zero-order valence-corrected chi connectivity index (χ0v) is 18.7. The highest BCUT2D eigenvalue weighted by Gasteiger charge is 2.02. The largest absolute Gasteiger partial charge is 0.356 e. The zero-order valence-electron chi connectivity index (χ0n) is 15.5. The van der Waals surface area contributed by atoms with Crippen LogP contribution in [0.5, 0.6) is 0 Å². The van der Waals surface area contributed by atoms with Crippen molar-refractivity contribution in [1.82, 2.24) is 15.6 Å². The van der Waals surface area contributed by atoms with Crippen LogP contribution in [0.25, 0.3) is 0 Å². The van der Waals surface area contributed by atoms with E-state index in [1.807, 2.05) is 13.1 Å². The maximum atomic E-state index is 4.26. The molecule has 0 bridgehead atoms. The summed E-state index contributed by atoms with van der Waals surface area (Å²) in [5, 5.41) is 7.79. The first-order chi connectivity index (χ1) is 11.6. The molecule has 0 saturated heterocycles. The molecule has 2 N–H and O–H groups in total. The monoisotopic (exact) mass is 472 g/mol. The standard InChI is InChI=1S/C19H28N4S.HI/c1-14(2)17-9-7-16(8-10-17)6-5-11-21-19(20-4)23-13-18-12-22-15(3)24-18;/h7-10,12,14H,5-6,11,13H2,1-4H3,(H2,20,21,23);1H. The van der Waals surface area contributed by atoms with Gasteiger partial charge in [0.25, 0.3) is 0 Å². The van der Waals surface area contributed by atoms with Crippen molar-refractivity contribution in [3.63, 3.8) is 0 Å². The smallest absolute Gasteiger partial charge is 0.191 e. The van der Waals surface area contributed by atoms with Gasteiger partial charge in [0, 0.05) is 24.7 Å². The van der Waals surface area contributed by atoms with Crippen LogP contribution in [0.4, 0.5) is 0 Å². The number of hydrogen-bond acceptors (Lipinski definition) is 3. The lowest BCUT2D eigenvalue weighted by Gasteiger charge is -2.11. The molecule has 1 aromatic carbocycles. The number of nitrogens with zero attached hydrogens (tertiary/aromatic N) is 2. The van der Waals surface area contributed by atoms with Crippen molar-refractivity contribution in [3.8, 4) is 0 Å². The summed E-state index contributed by atoms with van der Waals surface area (Å²) >= 11 is 1.71. The van der Waals surface area contributed by atoms with E-state index in [-0.39, 0.29) is 24.0 Å². The minimum absolute atomic E-state index is 0. The van der Waals surface area contributed by atoms with Crippen molar-refractivity contribution in [2.45, 2.75) is 46.1 Å². The van der Waals surface area contributed by atoms with Gasteiger partial charge < -0.3 is 10.6 Å². The number of aliphatic imine (C=N–C) groups is 1. The van der Waals surface area contributed by atoms with Gasteiger partial charge in [-0.15, -0.1) is 35.3 Å². The third-order valence-corrected chi connectivity index (χ3v) is 4.82. The van der Waals surface area contributed by atoms with Crippen molar-refractivity contribution in [3.05, 3.63) is 51.5 Å². The minimum Gasteiger partial charge on any atom is -0.356 e. The van der Waals surface area contributed by atoms with E-state index in [2.05, 4.69) is 58.7 Å². The van der Waals surface area contributed by atoms with Gasteiger partial charge in [0.05, 0.1) is 11.6 Å². The molecule has 6 heteroatoms. The summed E-state index contributed by atoms with van der Waals surface area (Å²) in [4.78, 5) is 9.75. The predicted molar refractivity (Wildman–Crippen MR) is 119 cm³/mol. The fraction of sp³-hybridized carbons (Fsp3) is 0.474. The van der Waals surface area contributed by atoms with E-state index >= 15 is 0 Å². The van der Waals surface area contributed by atoms with Crippen LogP contribution in [0.15, 0.2) is 35.5 Å². The molecule has 0 radical (unpaired) electrons. The number of nitrogens with one attached hydrogen (secondary N) is 2. The molecule has 0 aliphatic carbocycles. The lowest BCUT2D eigenvalue weighted by atomic mass is 10.0. The van der Waals surface area contributed by atoms with E-state index in [9.17, 15) is 0 Å². The number of rotatable bonds is 7. The highest BCUT2D eigenvalue weighted by Crippen LogP contribution is 2.15. The second-order valence-electron chi connectivity index (χ2n) is 6.20. The SMILES string of the molecule is CN=C(NCCCc1ccc(C(C)C)cc1)NCc1cnc(C)s1.I. The van der Waals surface area contributed by atoms with Crippen LogP contribution in [0.3, 0.4) is 0 Å². The van der Waals surface area contributed by atoms with Crippen LogP contribution in [-0.4, -0.2) is 24.5 Å². The Morgan fingerprint density at radius 2 is 1.92 bits per heavy atom. The number of aromatic nitrogens is 1. The van der Waals surface area contributed by atoms with Crippen molar-refractivity contribution in [1.29, 1.82) is 0 Å². The van der Waals surface area contributed by atoms with Crippen LogP contribution < -0.4 is 10.6 Å². The molecule has 0 fully saturated rings. The summed E-state index contributed by atoms with van der Waals surface area (Å²) in [5.74, 6) is 1.44. The molecule has 0 aliphatic rings. The highest BCUT2D eigenvalue weighted by molar-refractivity contribution is 14.0. The van der Waals surface area contributed by atoms with Crippen molar-refractivity contribution in [2.75, 3.05) is 13.6 Å². The molecule has 0 amide bonds. The second kappa shape index (κ2) is 11.5. The van der Waals surface area contributed by atoms with Crippen LogP contribution in [-0.2, 0) is 13.0 Å². The number of hydrogen-bond donors (Lipinski definition) is 2. The topological polar surface area (TPSA) is 49.3 Å². The summed E-state index contributed by atoms with van der Waals surface area (Å²) < 4.78 is 0. The lowest BCUT2D eigenvalue weighted by molar-refractivity contribution is 0.743. The molecular weight excluding hydrogens is 443 g/mol. The summed E-state index contributed by atoms with van der Waals surface area (Å²) in [5.41, 5.74) is 2.80. The number of aryl methyl sites for hydroxylation is 2. The molecule has 2 aromatic rings. The fourth-order valence-corrected chi connectivity index (χ4v) is 3.18. The summed E-state index contributed by atoms with van der Waals surface area (Å²) in [6.45, 7) is 8.15. The molecule has 25 heavy (non-hydrogen) atoms. The molecule has 0 atom stereocenters. The fourth-order valence-electron chi connectivity index (χ4n) is 2.45. The summed E-state index contributed by atoms with van der Waals surface area (Å²) in [7, 11) is 1.80. The van der Waals surface area contributed by atoms with Crippen molar-refractivity contribution in [2.24, 2.45) is 4.99 Å².